The Hall–Kier alpha value is -1.48. The number of carbonyl (C=O) groups excluding carboxylic acids is 1. The van der Waals surface area contributed by atoms with Gasteiger partial charge in [0.25, 0.3) is 0 Å². The van der Waals surface area contributed by atoms with Crippen molar-refractivity contribution in [3.8, 4) is 5.75 Å². The molecule has 1 aromatic rings. The third kappa shape index (κ3) is 2.61. The van der Waals surface area contributed by atoms with Gasteiger partial charge in [0.15, 0.2) is 0 Å². The molecule has 4 heteroatoms. The van der Waals surface area contributed by atoms with Crippen LogP contribution in [0.1, 0.15) is 18.9 Å². The monoisotopic (exact) mass is 252 g/mol. The fourth-order valence-corrected chi connectivity index (χ4v) is 1.94. The predicted molar refractivity (Wildman–Crippen MR) is 66.2 cm³/mol. The molecule has 0 aliphatic carbocycles. The summed E-state index contributed by atoms with van der Waals surface area (Å²) in [5, 5.41) is 0.559. The average Bonchev–Trinajstić information content (AvgIpc) is 2.52. The van der Waals surface area contributed by atoms with E-state index in [4.69, 9.17) is 21.1 Å². The van der Waals surface area contributed by atoms with Crippen molar-refractivity contribution in [3.05, 3.63) is 34.4 Å². The highest BCUT2D eigenvalue weighted by atomic mass is 35.5. The third-order valence-corrected chi connectivity index (χ3v) is 2.78. The highest BCUT2D eigenvalue weighted by Gasteiger charge is 2.17. The SMILES string of the molecule is CCOC(=O)C1=Cc2cccc(Cl)c2OCC1. The second-order valence-corrected chi connectivity index (χ2v) is 4.05. The van der Waals surface area contributed by atoms with E-state index in [2.05, 4.69) is 0 Å². The van der Waals surface area contributed by atoms with Crippen molar-refractivity contribution in [3.63, 3.8) is 0 Å². The van der Waals surface area contributed by atoms with Crippen LogP contribution in [0.2, 0.25) is 5.02 Å². The second-order valence-electron chi connectivity index (χ2n) is 3.65. The molecule has 0 atom stereocenters. The summed E-state index contributed by atoms with van der Waals surface area (Å²) in [5.74, 6) is 0.345. The first-order valence-corrected chi connectivity index (χ1v) is 5.89. The van der Waals surface area contributed by atoms with E-state index in [-0.39, 0.29) is 5.97 Å². The summed E-state index contributed by atoms with van der Waals surface area (Å²) >= 11 is 6.03. The van der Waals surface area contributed by atoms with Gasteiger partial charge < -0.3 is 9.47 Å². The van der Waals surface area contributed by atoms with E-state index in [1.54, 1.807) is 19.1 Å². The quantitative estimate of drug-likeness (QED) is 0.759. The molecule has 0 bridgehead atoms. The highest BCUT2D eigenvalue weighted by molar-refractivity contribution is 6.32. The molecule has 0 unspecified atom stereocenters. The minimum absolute atomic E-state index is 0.288. The average molecular weight is 253 g/mol. The lowest BCUT2D eigenvalue weighted by Crippen LogP contribution is -2.09. The Morgan fingerprint density at radius 3 is 3.12 bits per heavy atom. The minimum Gasteiger partial charge on any atom is -0.491 e. The van der Waals surface area contributed by atoms with Gasteiger partial charge in [-0.2, -0.15) is 0 Å². The summed E-state index contributed by atoms with van der Waals surface area (Å²) in [7, 11) is 0. The summed E-state index contributed by atoms with van der Waals surface area (Å²) in [6, 6.07) is 5.46. The van der Waals surface area contributed by atoms with Crippen LogP contribution < -0.4 is 4.74 Å². The number of para-hydroxylation sites is 1. The predicted octanol–water partition coefficient (Wildman–Crippen LogP) is 3.07. The Morgan fingerprint density at radius 2 is 2.35 bits per heavy atom. The first kappa shape index (κ1) is 12.0. The fraction of sp³-hybridized carbons (Fsp3) is 0.308. The van der Waals surface area contributed by atoms with Crippen LogP contribution in [0.4, 0.5) is 0 Å². The second kappa shape index (κ2) is 5.23. The van der Waals surface area contributed by atoms with Gasteiger partial charge in [0, 0.05) is 17.6 Å². The van der Waals surface area contributed by atoms with Crippen molar-refractivity contribution in [1.82, 2.24) is 0 Å². The first-order valence-electron chi connectivity index (χ1n) is 5.51. The number of ether oxygens (including phenoxy) is 2. The van der Waals surface area contributed by atoms with Crippen molar-refractivity contribution >= 4 is 23.6 Å². The number of esters is 1. The van der Waals surface area contributed by atoms with Crippen LogP contribution in [-0.2, 0) is 9.53 Å². The highest BCUT2D eigenvalue weighted by Crippen LogP contribution is 2.33. The van der Waals surface area contributed by atoms with Gasteiger partial charge in [0.1, 0.15) is 5.75 Å². The number of rotatable bonds is 2. The maximum Gasteiger partial charge on any atom is 0.334 e. The zero-order valence-corrected chi connectivity index (χ0v) is 10.3. The molecule has 0 saturated carbocycles. The van der Waals surface area contributed by atoms with E-state index in [1.165, 1.54) is 0 Å². The van der Waals surface area contributed by atoms with Gasteiger partial charge in [-0.25, -0.2) is 4.79 Å². The van der Waals surface area contributed by atoms with Gasteiger partial charge in [-0.1, -0.05) is 23.7 Å². The number of hydrogen-bond acceptors (Lipinski definition) is 3. The summed E-state index contributed by atoms with van der Waals surface area (Å²) < 4.78 is 10.5. The summed E-state index contributed by atoms with van der Waals surface area (Å²) in [4.78, 5) is 11.7. The van der Waals surface area contributed by atoms with Crippen LogP contribution in [0.3, 0.4) is 0 Å². The van der Waals surface area contributed by atoms with Gasteiger partial charge in [-0.3, -0.25) is 0 Å². The lowest BCUT2D eigenvalue weighted by atomic mass is 10.1. The number of fused-ring (bicyclic) bond motifs is 1. The van der Waals surface area contributed by atoms with Crippen LogP contribution >= 0.6 is 11.6 Å². The maximum atomic E-state index is 11.7. The molecule has 0 saturated heterocycles. The Kier molecular flexibility index (Phi) is 3.69. The molecule has 90 valence electrons. The molecule has 1 aliphatic rings. The molecule has 0 amide bonds. The van der Waals surface area contributed by atoms with Crippen LogP contribution in [0.25, 0.3) is 6.08 Å². The molecule has 0 N–H and O–H groups in total. The van der Waals surface area contributed by atoms with Crippen LogP contribution in [0.15, 0.2) is 23.8 Å². The van der Waals surface area contributed by atoms with Gasteiger partial charge in [0.2, 0.25) is 0 Å². The molecule has 0 fully saturated rings. The van der Waals surface area contributed by atoms with Crippen molar-refractivity contribution in [1.29, 1.82) is 0 Å². The zero-order chi connectivity index (χ0) is 12.3. The molecule has 0 spiro atoms. The number of halogens is 1. The Balaban J connectivity index is 2.35. The Morgan fingerprint density at radius 1 is 1.53 bits per heavy atom. The number of hydrogen-bond donors (Lipinski definition) is 0. The zero-order valence-electron chi connectivity index (χ0n) is 9.53. The van der Waals surface area contributed by atoms with E-state index in [9.17, 15) is 4.79 Å². The molecule has 1 aliphatic heterocycles. The first-order chi connectivity index (χ1) is 8.22. The topological polar surface area (TPSA) is 35.5 Å². The molecule has 0 aromatic heterocycles. The van der Waals surface area contributed by atoms with Gasteiger partial charge in [-0.15, -0.1) is 0 Å². The van der Waals surface area contributed by atoms with Gasteiger partial charge >= 0.3 is 5.97 Å². The molecule has 1 heterocycles. The molecule has 0 radical (unpaired) electrons. The molecule has 17 heavy (non-hydrogen) atoms. The van der Waals surface area contributed by atoms with Crippen LogP contribution in [0, 0.1) is 0 Å². The summed E-state index contributed by atoms with van der Waals surface area (Å²) in [6.45, 7) is 2.59. The number of carbonyl (C=O) groups is 1. The van der Waals surface area contributed by atoms with E-state index >= 15 is 0 Å². The fourth-order valence-electron chi connectivity index (χ4n) is 1.70. The molecular formula is C13H13ClO3. The molecule has 1 aromatic carbocycles. The van der Waals surface area contributed by atoms with Crippen LogP contribution in [0.5, 0.6) is 5.75 Å². The Bertz CT molecular complexity index is 466. The van der Waals surface area contributed by atoms with Crippen molar-refractivity contribution in [2.45, 2.75) is 13.3 Å². The van der Waals surface area contributed by atoms with Crippen molar-refractivity contribution < 1.29 is 14.3 Å². The minimum atomic E-state index is -0.288. The van der Waals surface area contributed by atoms with E-state index < -0.39 is 0 Å². The van der Waals surface area contributed by atoms with Crippen molar-refractivity contribution in [2.24, 2.45) is 0 Å². The van der Waals surface area contributed by atoms with E-state index in [0.717, 1.165) is 5.56 Å². The molecular weight excluding hydrogens is 240 g/mol. The summed E-state index contributed by atoms with van der Waals surface area (Å²) in [5.41, 5.74) is 1.44. The smallest absolute Gasteiger partial charge is 0.334 e. The van der Waals surface area contributed by atoms with Crippen LogP contribution in [-0.4, -0.2) is 19.2 Å². The lowest BCUT2D eigenvalue weighted by Gasteiger charge is -2.07. The standard InChI is InChI=1S/C13H13ClO3/c1-2-16-13(15)10-6-7-17-12-9(8-10)4-3-5-11(12)14/h3-5,8H,2,6-7H2,1H3. The van der Waals surface area contributed by atoms with Gasteiger partial charge in [0.05, 0.1) is 18.2 Å². The molecule has 3 nitrogen and oxygen atoms in total. The third-order valence-electron chi connectivity index (χ3n) is 2.48. The number of benzene rings is 1. The largest absolute Gasteiger partial charge is 0.491 e. The Labute approximate surface area is 105 Å². The normalized spacial score (nSPS) is 14.1. The van der Waals surface area contributed by atoms with E-state index in [0.29, 0.717) is 36.0 Å². The lowest BCUT2D eigenvalue weighted by molar-refractivity contribution is -0.138. The van der Waals surface area contributed by atoms with Gasteiger partial charge in [-0.05, 0) is 19.1 Å². The maximum absolute atomic E-state index is 11.7. The molecule has 2 rings (SSSR count). The summed E-state index contributed by atoms with van der Waals surface area (Å²) in [6.07, 6.45) is 2.32. The van der Waals surface area contributed by atoms with E-state index in [1.807, 2.05) is 12.1 Å². The van der Waals surface area contributed by atoms with Crippen molar-refractivity contribution in [2.75, 3.05) is 13.2 Å².